The highest BCUT2D eigenvalue weighted by molar-refractivity contribution is 7.94. The van der Waals surface area contributed by atoms with Gasteiger partial charge >= 0.3 is 0 Å². The molecular formula is C20H30O2S. The van der Waals surface area contributed by atoms with Crippen LogP contribution in [0.4, 0.5) is 0 Å². The van der Waals surface area contributed by atoms with Crippen LogP contribution in [-0.2, 0) is 8.98 Å². The van der Waals surface area contributed by atoms with Crippen molar-refractivity contribution in [3.63, 3.8) is 0 Å². The maximum absolute atomic E-state index is 10.0. The summed E-state index contributed by atoms with van der Waals surface area (Å²) in [5, 5.41) is 0. The number of hydrogen-bond donors (Lipinski definition) is 0. The smallest absolute Gasteiger partial charge is 0.146 e. The van der Waals surface area contributed by atoms with E-state index in [9.17, 15) is 4.79 Å². The maximum atomic E-state index is 10.0. The Morgan fingerprint density at radius 1 is 0.739 bits per heavy atom. The van der Waals surface area contributed by atoms with Crippen molar-refractivity contribution in [3.8, 4) is 0 Å². The lowest BCUT2D eigenvalue weighted by atomic mass is 10.2. The number of carbonyl (C=O) groups is 1. The second kappa shape index (κ2) is 20.7. The molecule has 0 aliphatic carbocycles. The largest absolute Gasteiger partial charge is 0.308 e. The lowest BCUT2D eigenvalue weighted by Gasteiger charge is -1.94. The van der Waals surface area contributed by atoms with E-state index >= 15 is 0 Å². The molecule has 0 fully saturated rings. The molecule has 0 radical (unpaired) electrons. The van der Waals surface area contributed by atoms with Crippen molar-refractivity contribution in [2.45, 2.75) is 45.4 Å². The molecule has 0 aromatic carbocycles. The number of aldehydes is 1. The number of allylic oxidation sites excluding steroid dienone is 10. The van der Waals surface area contributed by atoms with Crippen molar-refractivity contribution in [2.24, 2.45) is 0 Å². The quantitative estimate of drug-likeness (QED) is 0.159. The summed E-state index contributed by atoms with van der Waals surface area (Å²) in [6.45, 7) is 2.33. The Labute approximate surface area is 146 Å². The first-order chi connectivity index (χ1) is 11.4. The minimum absolute atomic E-state index is 0.177. The second-order valence-electron chi connectivity index (χ2n) is 4.77. The molecule has 23 heavy (non-hydrogen) atoms. The minimum Gasteiger partial charge on any atom is -0.308 e. The Morgan fingerprint density at radius 2 is 1.22 bits per heavy atom. The van der Waals surface area contributed by atoms with Gasteiger partial charge in [0.2, 0.25) is 0 Å². The van der Waals surface area contributed by atoms with Gasteiger partial charge in [0.05, 0.1) is 0 Å². The average Bonchev–Trinajstić information content (AvgIpc) is 2.57. The summed E-state index contributed by atoms with van der Waals surface area (Å²) in [4.78, 5) is 10.0. The van der Waals surface area contributed by atoms with Crippen LogP contribution < -0.4 is 0 Å². The molecule has 0 aliphatic rings. The molecule has 2 nitrogen and oxygen atoms in total. The molecule has 0 amide bonds. The highest BCUT2D eigenvalue weighted by Crippen LogP contribution is 2.04. The van der Waals surface area contributed by atoms with Crippen molar-refractivity contribution >= 4 is 18.3 Å². The summed E-state index contributed by atoms with van der Waals surface area (Å²) in [5.74, 6) is 0.887. The van der Waals surface area contributed by atoms with Crippen LogP contribution in [-0.4, -0.2) is 18.6 Å². The Hall–Kier alpha value is -1.32. The van der Waals surface area contributed by atoms with E-state index in [1.165, 1.54) is 12.0 Å². The average molecular weight is 335 g/mol. The number of hydrogen-bond acceptors (Lipinski definition) is 3. The van der Waals surface area contributed by atoms with Crippen molar-refractivity contribution in [2.75, 3.05) is 12.4 Å². The number of carbonyl (C=O) groups excluding carboxylic acids is 1. The monoisotopic (exact) mass is 334 g/mol. The number of rotatable bonds is 15. The molecule has 0 rings (SSSR count). The minimum atomic E-state index is 0.177. The fourth-order valence-electron chi connectivity index (χ4n) is 1.62. The van der Waals surface area contributed by atoms with Crippen molar-refractivity contribution in [1.29, 1.82) is 0 Å². The van der Waals surface area contributed by atoms with Gasteiger partial charge in [-0.25, -0.2) is 0 Å². The summed E-state index contributed by atoms with van der Waals surface area (Å²) in [7, 11) is 0. The zero-order chi connectivity index (χ0) is 16.8. The van der Waals surface area contributed by atoms with E-state index in [2.05, 4.69) is 67.7 Å². The zero-order valence-corrected chi connectivity index (χ0v) is 15.0. The summed E-state index contributed by atoms with van der Waals surface area (Å²) >= 11 is 1.35. The molecule has 128 valence electrons. The van der Waals surface area contributed by atoms with Crippen molar-refractivity contribution in [3.05, 3.63) is 60.8 Å². The van der Waals surface area contributed by atoms with Gasteiger partial charge in [-0.2, -0.15) is 0 Å². The summed E-state index contributed by atoms with van der Waals surface area (Å²) in [5.41, 5.74) is 0. The van der Waals surface area contributed by atoms with Gasteiger partial charge in [-0.05, 0) is 50.6 Å². The third-order valence-electron chi connectivity index (χ3n) is 2.74. The predicted molar refractivity (Wildman–Crippen MR) is 104 cm³/mol. The van der Waals surface area contributed by atoms with Crippen LogP contribution in [0, 0.1) is 0 Å². The lowest BCUT2D eigenvalue weighted by Crippen LogP contribution is -1.87. The first kappa shape index (κ1) is 21.7. The summed E-state index contributed by atoms with van der Waals surface area (Å²) < 4.78 is 4.99. The van der Waals surface area contributed by atoms with E-state index in [1.807, 2.05) is 0 Å². The lowest BCUT2D eigenvalue weighted by molar-refractivity contribution is -0.109. The summed E-state index contributed by atoms with van der Waals surface area (Å²) in [6, 6.07) is 0. The topological polar surface area (TPSA) is 26.3 Å². The van der Waals surface area contributed by atoms with Gasteiger partial charge in [0.1, 0.15) is 12.9 Å². The second-order valence-corrected chi connectivity index (χ2v) is 5.65. The highest BCUT2D eigenvalue weighted by Gasteiger charge is 1.85. The van der Waals surface area contributed by atoms with Gasteiger partial charge in [0.25, 0.3) is 0 Å². The van der Waals surface area contributed by atoms with E-state index in [1.54, 1.807) is 0 Å². The van der Waals surface area contributed by atoms with Crippen LogP contribution in [0.3, 0.4) is 0 Å². The summed E-state index contributed by atoms with van der Waals surface area (Å²) in [6.07, 6.45) is 28.8. The normalized spacial score (nSPS) is 12.7. The standard InChI is InChI=1S/C20H30O2S/c1-2-3-4-5-6-7-8-9-10-11-12-13-14-15-16-17-20-23-22-19-18-21/h3-4,6-7,9-10,12-13,15-16,18H,2,5,8,11,14,17,19-20H2,1H3/b4-3-,7-6-,10-9-,13-12-,16-15-. The van der Waals surface area contributed by atoms with Gasteiger partial charge < -0.3 is 8.98 Å². The third-order valence-corrected chi connectivity index (χ3v) is 3.45. The van der Waals surface area contributed by atoms with Crippen molar-refractivity contribution in [1.82, 2.24) is 0 Å². The van der Waals surface area contributed by atoms with Crippen LogP contribution >= 0.6 is 12.0 Å². The van der Waals surface area contributed by atoms with Gasteiger partial charge in [0, 0.05) is 5.75 Å². The molecule has 0 bridgehead atoms. The fourth-order valence-corrected chi connectivity index (χ4v) is 2.12. The molecule has 0 spiro atoms. The van der Waals surface area contributed by atoms with Crippen LogP contribution in [0.1, 0.15) is 45.4 Å². The van der Waals surface area contributed by atoms with E-state index in [0.717, 1.165) is 50.6 Å². The first-order valence-electron chi connectivity index (χ1n) is 8.34. The Kier molecular flexibility index (Phi) is 19.5. The van der Waals surface area contributed by atoms with E-state index < -0.39 is 0 Å². The molecule has 0 aromatic heterocycles. The highest BCUT2D eigenvalue weighted by atomic mass is 32.2. The molecule has 0 N–H and O–H groups in total. The molecule has 0 saturated carbocycles. The van der Waals surface area contributed by atoms with Crippen LogP contribution in [0.25, 0.3) is 0 Å². The molecule has 0 unspecified atom stereocenters. The SMILES string of the molecule is CC/C=C\C/C=C\C/C=C\C/C=C\C/C=C\CCSOCC=O. The van der Waals surface area contributed by atoms with Gasteiger partial charge in [-0.1, -0.05) is 67.7 Å². The van der Waals surface area contributed by atoms with E-state index in [4.69, 9.17) is 4.18 Å². The third kappa shape index (κ3) is 20.7. The van der Waals surface area contributed by atoms with Gasteiger partial charge in [-0.3, -0.25) is 0 Å². The molecular weight excluding hydrogens is 304 g/mol. The molecule has 0 aliphatic heterocycles. The first-order valence-corrected chi connectivity index (χ1v) is 9.25. The maximum Gasteiger partial charge on any atom is 0.146 e. The van der Waals surface area contributed by atoms with Crippen LogP contribution in [0.2, 0.25) is 0 Å². The molecule has 0 heterocycles. The Bertz CT molecular complexity index is 392. The molecule has 3 heteroatoms. The fraction of sp³-hybridized carbons (Fsp3) is 0.450. The zero-order valence-electron chi connectivity index (χ0n) is 14.2. The van der Waals surface area contributed by atoms with Crippen molar-refractivity contribution < 1.29 is 8.98 Å². The van der Waals surface area contributed by atoms with Crippen LogP contribution in [0.5, 0.6) is 0 Å². The molecule has 0 aromatic rings. The predicted octanol–water partition coefficient (Wildman–Crippen LogP) is 5.99. The van der Waals surface area contributed by atoms with Crippen LogP contribution in [0.15, 0.2) is 60.8 Å². The van der Waals surface area contributed by atoms with Gasteiger partial charge in [-0.15, -0.1) is 0 Å². The van der Waals surface area contributed by atoms with Gasteiger partial charge in [0.15, 0.2) is 0 Å². The Morgan fingerprint density at radius 3 is 1.70 bits per heavy atom. The molecule has 0 saturated heterocycles. The Balaban J connectivity index is 3.40. The van der Waals surface area contributed by atoms with E-state index in [0.29, 0.717) is 0 Å². The van der Waals surface area contributed by atoms with E-state index in [-0.39, 0.29) is 6.61 Å². The molecule has 0 atom stereocenters.